The number of allylic oxidation sites excluding steroid dienone is 1. The van der Waals surface area contributed by atoms with E-state index in [4.69, 9.17) is 0 Å². The van der Waals surface area contributed by atoms with Gasteiger partial charge in [-0.1, -0.05) is 57.9 Å². The summed E-state index contributed by atoms with van der Waals surface area (Å²) in [5.74, 6) is 0.213. The molecule has 2 nitrogen and oxygen atoms in total. The van der Waals surface area contributed by atoms with Crippen molar-refractivity contribution in [2.45, 2.75) is 77.6 Å². The molecule has 0 aliphatic heterocycles. The minimum atomic E-state index is 0.213. The van der Waals surface area contributed by atoms with E-state index in [0.29, 0.717) is 6.42 Å². The quantitative estimate of drug-likeness (QED) is 0.377. The van der Waals surface area contributed by atoms with Gasteiger partial charge in [0.2, 0.25) is 5.91 Å². The van der Waals surface area contributed by atoms with Crippen LogP contribution in [0.2, 0.25) is 0 Å². The predicted octanol–water partition coefficient (Wildman–Crippen LogP) is 4.60. The molecule has 0 saturated carbocycles. The molecule has 0 aliphatic carbocycles. The van der Waals surface area contributed by atoms with Gasteiger partial charge in [0.15, 0.2) is 0 Å². The van der Waals surface area contributed by atoms with Crippen molar-refractivity contribution >= 4 is 5.91 Å². The summed E-state index contributed by atoms with van der Waals surface area (Å²) >= 11 is 0. The highest BCUT2D eigenvalue weighted by Crippen LogP contribution is 2.09. The fourth-order valence-electron chi connectivity index (χ4n) is 1.98. The Morgan fingerprint density at radius 1 is 1.00 bits per heavy atom. The topological polar surface area (TPSA) is 29.1 Å². The van der Waals surface area contributed by atoms with Gasteiger partial charge in [-0.15, -0.1) is 6.58 Å². The Morgan fingerprint density at radius 3 is 2.22 bits per heavy atom. The van der Waals surface area contributed by atoms with Gasteiger partial charge in [-0.2, -0.15) is 0 Å². The summed E-state index contributed by atoms with van der Waals surface area (Å²) in [6.07, 6.45) is 14.9. The van der Waals surface area contributed by atoms with Crippen LogP contribution in [0.1, 0.15) is 77.6 Å². The zero-order valence-electron chi connectivity index (χ0n) is 12.2. The molecule has 0 bridgehead atoms. The average molecular weight is 253 g/mol. The molecule has 0 saturated heterocycles. The van der Waals surface area contributed by atoms with Crippen LogP contribution in [-0.4, -0.2) is 12.5 Å². The molecule has 0 aromatic carbocycles. The van der Waals surface area contributed by atoms with Crippen molar-refractivity contribution in [2.75, 3.05) is 6.54 Å². The molecule has 106 valence electrons. The molecular formula is C16H31NO. The lowest BCUT2D eigenvalue weighted by atomic mass is 10.1. The van der Waals surface area contributed by atoms with E-state index in [9.17, 15) is 4.79 Å². The zero-order chi connectivity index (χ0) is 13.5. The van der Waals surface area contributed by atoms with E-state index in [2.05, 4.69) is 18.8 Å². The molecule has 2 heteroatoms. The maximum absolute atomic E-state index is 11.4. The second kappa shape index (κ2) is 14.3. The van der Waals surface area contributed by atoms with Crippen molar-refractivity contribution in [1.29, 1.82) is 0 Å². The van der Waals surface area contributed by atoms with E-state index in [1.165, 1.54) is 44.9 Å². The molecule has 18 heavy (non-hydrogen) atoms. The van der Waals surface area contributed by atoms with Crippen LogP contribution in [0.15, 0.2) is 12.7 Å². The van der Waals surface area contributed by atoms with Gasteiger partial charge in [0.25, 0.3) is 0 Å². The van der Waals surface area contributed by atoms with Gasteiger partial charge in [0, 0.05) is 13.0 Å². The summed E-state index contributed by atoms with van der Waals surface area (Å²) in [4.78, 5) is 11.4. The third-order valence-electron chi connectivity index (χ3n) is 3.16. The van der Waals surface area contributed by atoms with Crippen molar-refractivity contribution in [3.05, 3.63) is 12.7 Å². The maximum Gasteiger partial charge on any atom is 0.219 e. The smallest absolute Gasteiger partial charge is 0.219 e. The molecule has 0 aromatic rings. The monoisotopic (exact) mass is 253 g/mol. The number of rotatable bonds is 13. The van der Waals surface area contributed by atoms with Crippen LogP contribution < -0.4 is 5.32 Å². The Kier molecular flexibility index (Phi) is 13.6. The first kappa shape index (κ1) is 17.2. The van der Waals surface area contributed by atoms with Gasteiger partial charge in [0.1, 0.15) is 0 Å². The Hall–Kier alpha value is -0.790. The van der Waals surface area contributed by atoms with Crippen molar-refractivity contribution in [1.82, 2.24) is 5.32 Å². The SMILES string of the molecule is C=CCCCNC(=O)CCCCCCCCCC. The highest BCUT2D eigenvalue weighted by molar-refractivity contribution is 5.75. The molecule has 0 atom stereocenters. The van der Waals surface area contributed by atoms with Crippen LogP contribution in [0.5, 0.6) is 0 Å². The number of nitrogens with one attached hydrogen (secondary N) is 1. The number of unbranched alkanes of at least 4 members (excludes halogenated alkanes) is 8. The third kappa shape index (κ3) is 13.3. The van der Waals surface area contributed by atoms with Gasteiger partial charge in [-0.05, 0) is 19.3 Å². The molecule has 0 aliphatic rings. The lowest BCUT2D eigenvalue weighted by molar-refractivity contribution is -0.121. The Morgan fingerprint density at radius 2 is 1.61 bits per heavy atom. The second-order valence-electron chi connectivity index (χ2n) is 5.01. The molecule has 1 amide bonds. The van der Waals surface area contributed by atoms with Crippen LogP contribution in [0.4, 0.5) is 0 Å². The van der Waals surface area contributed by atoms with E-state index < -0.39 is 0 Å². The van der Waals surface area contributed by atoms with E-state index in [1.54, 1.807) is 0 Å². The molecule has 0 radical (unpaired) electrons. The van der Waals surface area contributed by atoms with Crippen LogP contribution >= 0.6 is 0 Å². The normalized spacial score (nSPS) is 10.3. The Labute approximate surface area is 113 Å². The summed E-state index contributed by atoms with van der Waals surface area (Å²) in [5, 5.41) is 2.95. The minimum Gasteiger partial charge on any atom is -0.356 e. The van der Waals surface area contributed by atoms with Crippen LogP contribution in [0, 0.1) is 0 Å². The van der Waals surface area contributed by atoms with E-state index in [-0.39, 0.29) is 5.91 Å². The first-order chi connectivity index (χ1) is 8.81. The van der Waals surface area contributed by atoms with Crippen LogP contribution in [-0.2, 0) is 4.79 Å². The molecule has 1 N–H and O–H groups in total. The average Bonchev–Trinajstić information content (AvgIpc) is 2.38. The van der Waals surface area contributed by atoms with E-state index in [1.807, 2.05) is 6.08 Å². The number of hydrogen-bond acceptors (Lipinski definition) is 1. The lowest BCUT2D eigenvalue weighted by Gasteiger charge is -2.04. The number of hydrogen-bond donors (Lipinski definition) is 1. The molecule has 0 fully saturated rings. The minimum absolute atomic E-state index is 0.213. The predicted molar refractivity (Wildman–Crippen MR) is 79.7 cm³/mol. The lowest BCUT2D eigenvalue weighted by Crippen LogP contribution is -2.23. The van der Waals surface area contributed by atoms with Crippen molar-refractivity contribution in [3.8, 4) is 0 Å². The Bertz CT molecular complexity index is 201. The highest BCUT2D eigenvalue weighted by atomic mass is 16.1. The molecule has 0 heterocycles. The number of carbonyl (C=O) groups is 1. The summed E-state index contributed by atoms with van der Waals surface area (Å²) in [6, 6.07) is 0. The largest absolute Gasteiger partial charge is 0.356 e. The van der Waals surface area contributed by atoms with Crippen molar-refractivity contribution in [3.63, 3.8) is 0 Å². The van der Waals surface area contributed by atoms with E-state index in [0.717, 1.165) is 25.8 Å². The number of amides is 1. The van der Waals surface area contributed by atoms with Crippen molar-refractivity contribution < 1.29 is 4.79 Å². The molecular weight excluding hydrogens is 222 g/mol. The van der Waals surface area contributed by atoms with Gasteiger partial charge < -0.3 is 5.32 Å². The fourth-order valence-corrected chi connectivity index (χ4v) is 1.98. The fraction of sp³-hybridized carbons (Fsp3) is 0.812. The molecule has 0 aromatic heterocycles. The molecule has 0 spiro atoms. The summed E-state index contributed by atoms with van der Waals surface area (Å²) < 4.78 is 0. The molecule has 0 unspecified atom stereocenters. The van der Waals surface area contributed by atoms with E-state index >= 15 is 0 Å². The highest BCUT2D eigenvalue weighted by Gasteiger charge is 1.99. The zero-order valence-corrected chi connectivity index (χ0v) is 12.2. The Balaban J connectivity index is 3.12. The summed E-state index contributed by atoms with van der Waals surface area (Å²) in [7, 11) is 0. The van der Waals surface area contributed by atoms with Crippen LogP contribution in [0.3, 0.4) is 0 Å². The second-order valence-corrected chi connectivity index (χ2v) is 5.01. The third-order valence-corrected chi connectivity index (χ3v) is 3.16. The van der Waals surface area contributed by atoms with Gasteiger partial charge in [-0.3, -0.25) is 4.79 Å². The first-order valence-corrected chi connectivity index (χ1v) is 7.68. The van der Waals surface area contributed by atoms with Crippen LogP contribution in [0.25, 0.3) is 0 Å². The van der Waals surface area contributed by atoms with Crippen molar-refractivity contribution in [2.24, 2.45) is 0 Å². The van der Waals surface area contributed by atoms with Gasteiger partial charge >= 0.3 is 0 Å². The summed E-state index contributed by atoms with van der Waals surface area (Å²) in [5.41, 5.74) is 0. The van der Waals surface area contributed by atoms with Gasteiger partial charge in [-0.25, -0.2) is 0 Å². The number of carbonyl (C=O) groups excluding carboxylic acids is 1. The first-order valence-electron chi connectivity index (χ1n) is 7.68. The standard InChI is InChI=1S/C16H31NO/c1-3-5-7-8-9-10-11-12-14-16(18)17-15-13-6-4-2/h4H,2-3,5-15H2,1H3,(H,17,18). The summed E-state index contributed by atoms with van der Waals surface area (Å²) in [6.45, 7) is 6.70. The maximum atomic E-state index is 11.4. The van der Waals surface area contributed by atoms with Gasteiger partial charge in [0.05, 0.1) is 0 Å². The molecule has 0 rings (SSSR count).